The fourth-order valence-corrected chi connectivity index (χ4v) is 2.28. The maximum atomic E-state index is 9.20. The maximum Gasteiger partial charge on any atom is 0.236 e. The van der Waals surface area contributed by atoms with Gasteiger partial charge < -0.3 is 14.5 Å². The summed E-state index contributed by atoms with van der Waals surface area (Å²) in [6, 6.07) is 11.1. The first-order chi connectivity index (χ1) is 12.2. The van der Waals surface area contributed by atoms with Gasteiger partial charge in [-0.1, -0.05) is 17.7 Å². The van der Waals surface area contributed by atoms with Crippen LogP contribution < -0.4 is 10.1 Å². The van der Waals surface area contributed by atoms with E-state index in [4.69, 9.17) is 20.8 Å². The standard InChI is InChI=1S/C18H15ClN4O2/c1-12-7-14(4-5-15(12)19)24-11-17-23-16(8-20)18(25-17)22-10-13-3-2-6-21-9-13/h2-7,9,22H,10-11H2,1H3. The highest BCUT2D eigenvalue weighted by atomic mass is 35.5. The number of aryl methyl sites for hydroxylation is 1. The van der Waals surface area contributed by atoms with E-state index in [9.17, 15) is 5.26 Å². The number of rotatable bonds is 6. The molecule has 0 aliphatic heterocycles. The summed E-state index contributed by atoms with van der Waals surface area (Å²) in [6.07, 6.45) is 3.44. The highest BCUT2D eigenvalue weighted by molar-refractivity contribution is 6.31. The van der Waals surface area contributed by atoms with Crippen LogP contribution in [-0.2, 0) is 13.2 Å². The molecule has 0 fully saturated rings. The van der Waals surface area contributed by atoms with Crippen molar-refractivity contribution < 1.29 is 9.15 Å². The van der Waals surface area contributed by atoms with Crippen LogP contribution in [0.25, 0.3) is 0 Å². The second-order valence-electron chi connectivity index (χ2n) is 5.31. The Morgan fingerprint density at radius 2 is 2.24 bits per heavy atom. The molecule has 3 rings (SSSR count). The number of nitrogens with zero attached hydrogens (tertiary/aromatic N) is 3. The summed E-state index contributed by atoms with van der Waals surface area (Å²) in [4.78, 5) is 8.18. The van der Waals surface area contributed by atoms with Crippen molar-refractivity contribution in [3.63, 3.8) is 0 Å². The molecule has 1 N–H and O–H groups in total. The number of benzene rings is 1. The number of halogens is 1. The van der Waals surface area contributed by atoms with Crippen LogP contribution >= 0.6 is 11.6 Å². The lowest BCUT2D eigenvalue weighted by Gasteiger charge is -2.05. The van der Waals surface area contributed by atoms with Gasteiger partial charge in [0.25, 0.3) is 0 Å². The van der Waals surface area contributed by atoms with Crippen LogP contribution in [0.15, 0.2) is 47.1 Å². The molecule has 0 spiro atoms. The summed E-state index contributed by atoms with van der Waals surface area (Å²) < 4.78 is 11.2. The van der Waals surface area contributed by atoms with Gasteiger partial charge in [-0.25, -0.2) is 0 Å². The lowest BCUT2D eigenvalue weighted by atomic mass is 10.2. The molecule has 1 aromatic carbocycles. The third-order valence-corrected chi connectivity index (χ3v) is 3.87. The van der Waals surface area contributed by atoms with Gasteiger partial charge in [-0.2, -0.15) is 10.2 Å². The largest absolute Gasteiger partial charge is 0.484 e. The quantitative estimate of drug-likeness (QED) is 0.717. The summed E-state index contributed by atoms with van der Waals surface area (Å²) in [5.41, 5.74) is 2.08. The zero-order chi connectivity index (χ0) is 17.6. The number of ether oxygens (including phenoxy) is 1. The van der Waals surface area contributed by atoms with Gasteiger partial charge in [-0.15, -0.1) is 0 Å². The summed E-state index contributed by atoms with van der Waals surface area (Å²) >= 11 is 5.99. The van der Waals surface area contributed by atoms with Crippen molar-refractivity contribution in [2.75, 3.05) is 5.32 Å². The molecule has 0 radical (unpaired) electrons. The van der Waals surface area contributed by atoms with Crippen molar-refractivity contribution in [2.45, 2.75) is 20.1 Å². The van der Waals surface area contributed by atoms with Crippen LogP contribution in [0.2, 0.25) is 5.02 Å². The summed E-state index contributed by atoms with van der Waals surface area (Å²) in [5, 5.41) is 12.9. The van der Waals surface area contributed by atoms with Gasteiger partial charge >= 0.3 is 0 Å². The average molecular weight is 355 g/mol. The Balaban J connectivity index is 1.65. The first-order valence-electron chi connectivity index (χ1n) is 7.57. The molecule has 0 unspecified atom stereocenters. The zero-order valence-electron chi connectivity index (χ0n) is 13.5. The average Bonchev–Trinajstić information content (AvgIpc) is 3.04. The van der Waals surface area contributed by atoms with Gasteiger partial charge in [-0.3, -0.25) is 4.98 Å². The smallest absolute Gasteiger partial charge is 0.236 e. The molecule has 0 aliphatic rings. The predicted octanol–water partition coefficient (Wildman–Crippen LogP) is 4.09. The number of hydrogen-bond donors (Lipinski definition) is 1. The van der Waals surface area contributed by atoms with E-state index in [0.717, 1.165) is 11.1 Å². The highest BCUT2D eigenvalue weighted by Crippen LogP contribution is 2.23. The Labute approximate surface area is 150 Å². The molecule has 2 aromatic heterocycles. The second kappa shape index (κ2) is 7.69. The number of aromatic nitrogens is 2. The molecule has 0 bridgehead atoms. The monoisotopic (exact) mass is 354 g/mol. The van der Waals surface area contributed by atoms with Gasteiger partial charge in [0.15, 0.2) is 6.61 Å². The molecule has 126 valence electrons. The van der Waals surface area contributed by atoms with Crippen LogP contribution in [0.5, 0.6) is 5.75 Å². The van der Waals surface area contributed by atoms with E-state index in [0.29, 0.717) is 29.1 Å². The fraction of sp³-hybridized carbons (Fsp3) is 0.167. The molecular formula is C18H15ClN4O2. The molecule has 0 atom stereocenters. The lowest BCUT2D eigenvalue weighted by Crippen LogP contribution is -2.00. The number of anilines is 1. The van der Waals surface area contributed by atoms with E-state index in [-0.39, 0.29) is 12.3 Å². The Morgan fingerprint density at radius 1 is 1.36 bits per heavy atom. The third-order valence-electron chi connectivity index (χ3n) is 3.44. The SMILES string of the molecule is Cc1cc(OCc2nc(C#N)c(NCc3cccnc3)o2)ccc1Cl. The summed E-state index contributed by atoms with van der Waals surface area (Å²) in [6.45, 7) is 2.49. The van der Waals surface area contributed by atoms with Crippen LogP contribution in [0.4, 0.5) is 5.88 Å². The van der Waals surface area contributed by atoms with Crippen molar-refractivity contribution in [1.82, 2.24) is 9.97 Å². The molecule has 3 aromatic rings. The van der Waals surface area contributed by atoms with Gasteiger partial charge in [-0.05, 0) is 42.3 Å². The van der Waals surface area contributed by atoms with Crippen LogP contribution in [0.1, 0.15) is 22.7 Å². The first-order valence-corrected chi connectivity index (χ1v) is 7.95. The fourth-order valence-electron chi connectivity index (χ4n) is 2.16. The van der Waals surface area contributed by atoms with Crippen LogP contribution in [0.3, 0.4) is 0 Å². The first kappa shape index (κ1) is 16.8. The lowest BCUT2D eigenvalue weighted by molar-refractivity contribution is 0.264. The van der Waals surface area contributed by atoms with E-state index in [1.165, 1.54) is 0 Å². The topological polar surface area (TPSA) is 84.0 Å². The van der Waals surface area contributed by atoms with Gasteiger partial charge in [0.1, 0.15) is 11.8 Å². The molecular weight excluding hydrogens is 340 g/mol. The van der Waals surface area contributed by atoms with Crippen LogP contribution in [0, 0.1) is 18.3 Å². The number of oxazole rings is 1. The molecule has 0 amide bonds. The Morgan fingerprint density at radius 3 is 2.96 bits per heavy atom. The summed E-state index contributed by atoms with van der Waals surface area (Å²) in [7, 11) is 0. The zero-order valence-corrected chi connectivity index (χ0v) is 14.2. The van der Waals surface area contributed by atoms with Crippen molar-refractivity contribution in [3.05, 3.63) is 70.5 Å². The number of nitriles is 1. The number of hydrogen-bond acceptors (Lipinski definition) is 6. The second-order valence-corrected chi connectivity index (χ2v) is 5.72. The van der Waals surface area contributed by atoms with Crippen LogP contribution in [-0.4, -0.2) is 9.97 Å². The molecule has 0 saturated carbocycles. The van der Waals surface area contributed by atoms with Crippen molar-refractivity contribution >= 4 is 17.5 Å². The molecule has 7 heteroatoms. The maximum absolute atomic E-state index is 9.20. The Kier molecular flexibility index (Phi) is 5.17. The minimum atomic E-state index is 0.115. The normalized spacial score (nSPS) is 10.3. The third kappa shape index (κ3) is 4.28. The Hall–Kier alpha value is -3.04. The van der Waals surface area contributed by atoms with Gasteiger partial charge in [0, 0.05) is 24.0 Å². The van der Waals surface area contributed by atoms with E-state index >= 15 is 0 Å². The van der Waals surface area contributed by atoms with E-state index in [1.54, 1.807) is 24.5 Å². The van der Waals surface area contributed by atoms with Crippen molar-refractivity contribution in [2.24, 2.45) is 0 Å². The van der Waals surface area contributed by atoms with Gasteiger partial charge in [0.05, 0.1) is 0 Å². The van der Waals surface area contributed by atoms with E-state index in [2.05, 4.69) is 15.3 Å². The number of nitrogens with one attached hydrogen (secondary N) is 1. The Bertz CT molecular complexity index is 903. The molecule has 6 nitrogen and oxygen atoms in total. The van der Waals surface area contributed by atoms with Crippen molar-refractivity contribution in [1.29, 1.82) is 5.26 Å². The predicted molar refractivity (Wildman–Crippen MR) is 93.3 cm³/mol. The molecule has 0 aliphatic carbocycles. The molecule has 25 heavy (non-hydrogen) atoms. The molecule has 2 heterocycles. The number of pyridine rings is 1. The molecule has 0 saturated heterocycles. The van der Waals surface area contributed by atoms with Crippen molar-refractivity contribution in [3.8, 4) is 11.8 Å². The minimum absolute atomic E-state index is 0.115. The minimum Gasteiger partial charge on any atom is -0.484 e. The van der Waals surface area contributed by atoms with E-state index in [1.807, 2.05) is 31.2 Å². The van der Waals surface area contributed by atoms with E-state index < -0.39 is 0 Å². The highest BCUT2D eigenvalue weighted by Gasteiger charge is 2.13. The van der Waals surface area contributed by atoms with Gasteiger partial charge in [0.2, 0.25) is 17.5 Å². The summed E-state index contributed by atoms with van der Waals surface area (Å²) in [5.74, 6) is 1.29.